The first-order valence-corrected chi connectivity index (χ1v) is 6.15. The number of aromatic carboxylic acids is 1. The highest BCUT2D eigenvalue weighted by atomic mass is 79.9. The molecule has 1 aromatic carbocycles. The molecule has 1 heterocycles. The Kier molecular flexibility index (Phi) is 3.84. The number of hydrogen-bond donors (Lipinski definition) is 2. The van der Waals surface area contributed by atoms with E-state index in [9.17, 15) is 4.79 Å². The Bertz CT molecular complexity index is 587. The number of benzene rings is 1. The molecule has 18 heavy (non-hydrogen) atoms. The Balaban J connectivity index is 2.18. The van der Waals surface area contributed by atoms with Crippen molar-refractivity contribution in [2.24, 2.45) is 0 Å². The summed E-state index contributed by atoms with van der Waals surface area (Å²) in [6.07, 6.45) is 1.46. The van der Waals surface area contributed by atoms with E-state index in [1.54, 1.807) is 12.1 Å². The third-order valence-corrected chi connectivity index (χ3v) is 3.40. The molecule has 0 bridgehead atoms. The minimum atomic E-state index is -1.05. The van der Waals surface area contributed by atoms with Gasteiger partial charge in [0, 0.05) is 10.2 Å². The number of rotatable bonds is 3. The van der Waals surface area contributed by atoms with Crippen molar-refractivity contribution in [3.05, 3.63) is 51.7 Å². The zero-order chi connectivity index (χ0) is 13.1. The van der Waals surface area contributed by atoms with Crippen molar-refractivity contribution in [2.45, 2.75) is 0 Å². The van der Waals surface area contributed by atoms with Crippen LogP contribution in [0.3, 0.4) is 0 Å². The Morgan fingerprint density at radius 1 is 1.28 bits per heavy atom. The maximum atomic E-state index is 10.6. The van der Waals surface area contributed by atoms with Crippen LogP contribution in [0, 0.1) is 0 Å². The fourth-order valence-electron chi connectivity index (χ4n) is 1.33. The van der Waals surface area contributed by atoms with Gasteiger partial charge in [-0.25, -0.2) is 9.78 Å². The molecule has 0 atom stereocenters. The first-order valence-electron chi connectivity index (χ1n) is 4.97. The second kappa shape index (κ2) is 5.37. The van der Waals surface area contributed by atoms with E-state index in [0.717, 1.165) is 10.2 Å². The summed E-state index contributed by atoms with van der Waals surface area (Å²) in [4.78, 5) is 14.5. The predicted octanol–water partition coefficient (Wildman–Crippen LogP) is 3.94. The number of aromatic nitrogens is 1. The Hall–Kier alpha value is -1.59. The van der Waals surface area contributed by atoms with Gasteiger partial charge >= 0.3 is 5.97 Å². The van der Waals surface area contributed by atoms with Crippen LogP contribution in [0.5, 0.6) is 0 Å². The molecule has 6 heteroatoms. The number of carboxylic acids is 1. The molecule has 0 aliphatic rings. The molecule has 0 saturated heterocycles. The number of carbonyl (C=O) groups is 1. The van der Waals surface area contributed by atoms with Crippen molar-refractivity contribution < 1.29 is 9.90 Å². The fraction of sp³-hybridized carbons (Fsp3) is 0. The third-order valence-electron chi connectivity index (χ3n) is 2.19. The number of pyridine rings is 1. The molecule has 2 aromatic rings. The normalized spacial score (nSPS) is 10.1. The van der Waals surface area contributed by atoms with Crippen LogP contribution in [-0.4, -0.2) is 16.1 Å². The zero-order valence-electron chi connectivity index (χ0n) is 9.02. The molecule has 0 saturated carbocycles. The molecule has 92 valence electrons. The van der Waals surface area contributed by atoms with Gasteiger partial charge < -0.3 is 10.4 Å². The van der Waals surface area contributed by atoms with Crippen LogP contribution < -0.4 is 5.32 Å². The van der Waals surface area contributed by atoms with Gasteiger partial charge in [0.15, 0.2) is 0 Å². The molecule has 1 aromatic heterocycles. The third kappa shape index (κ3) is 3.00. The summed E-state index contributed by atoms with van der Waals surface area (Å²) in [6.45, 7) is 0. The fourth-order valence-corrected chi connectivity index (χ4v) is 1.83. The molecule has 2 rings (SSSR count). The SMILES string of the molecule is O=C(O)c1ccc(Nc2ccc(Cl)c(Br)c2)cn1. The van der Waals surface area contributed by atoms with E-state index < -0.39 is 5.97 Å². The second-order valence-electron chi connectivity index (χ2n) is 3.49. The topological polar surface area (TPSA) is 62.2 Å². The van der Waals surface area contributed by atoms with Crippen LogP contribution in [-0.2, 0) is 0 Å². The summed E-state index contributed by atoms with van der Waals surface area (Å²) in [5, 5.41) is 12.4. The molecule has 0 aliphatic heterocycles. The van der Waals surface area contributed by atoms with Crippen LogP contribution in [0.1, 0.15) is 10.5 Å². The summed E-state index contributed by atoms with van der Waals surface area (Å²) in [5.74, 6) is -1.05. The zero-order valence-corrected chi connectivity index (χ0v) is 11.4. The number of nitrogens with one attached hydrogen (secondary N) is 1. The van der Waals surface area contributed by atoms with Gasteiger partial charge in [0.2, 0.25) is 0 Å². The molecular formula is C12H8BrClN2O2. The summed E-state index contributed by atoms with van der Waals surface area (Å²) in [5.41, 5.74) is 1.54. The highest BCUT2D eigenvalue weighted by Crippen LogP contribution is 2.27. The number of nitrogens with zero attached hydrogens (tertiary/aromatic N) is 1. The van der Waals surface area contributed by atoms with Gasteiger partial charge in [-0.3, -0.25) is 0 Å². The van der Waals surface area contributed by atoms with Gasteiger partial charge in [-0.15, -0.1) is 0 Å². The Morgan fingerprint density at radius 2 is 2.00 bits per heavy atom. The van der Waals surface area contributed by atoms with Crippen LogP contribution in [0.15, 0.2) is 41.0 Å². The summed E-state index contributed by atoms with van der Waals surface area (Å²) in [6, 6.07) is 8.49. The first kappa shape index (κ1) is 12.9. The molecule has 4 nitrogen and oxygen atoms in total. The van der Waals surface area contributed by atoms with E-state index in [-0.39, 0.29) is 5.69 Å². The predicted molar refractivity (Wildman–Crippen MR) is 73.6 cm³/mol. The van der Waals surface area contributed by atoms with Gasteiger partial charge in [-0.1, -0.05) is 11.6 Å². The average Bonchev–Trinajstić information content (AvgIpc) is 2.34. The van der Waals surface area contributed by atoms with Gasteiger partial charge in [-0.05, 0) is 46.3 Å². The van der Waals surface area contributed by atoms with Gasteiger partial charge in [0.05, 0.1) is 16.9 Å². The standard InChI is InChI=1S/C12H8BrClN2O2/c13-9-5-7(1-3-10(9)14)16-8-2-4-11(12(17)18)15-6-8/h1-6,16H,(H,17,18). The lowest BCUT2D eigenvalue weighted by atomic mass is 10.3. The van der Waals surface area contributed by atoms with Crippen LogP contribution in [0.2, 0.25) is 5.02 Å². The van der Waals surface area contributed by atoms with Gasteiger partial charge in [0.25, 0.3) is 0 Å². The second-order valence-corrected chi connectivity index (χ2v) is 4.75. The van der Waals surface area contributed by atoms with E-state index >= 15 is 0 Å². The van der Waals surface area contributed by atoms with Crippen molar-refractivity contribution in [1.82, 2.24) is 4.98 Å². The lowest BCUT2D eigenvalue weighted by Crippen LogP contribution is -2.00. The molecule has 0 unspecified atom stereocenters. The lowest BCUT2D eigenvalue weighted by Gasteiger charge is -2.07. The number of anilines is 2. The highest BCUT2D eigenvalue weighted by molar-refractivity contribution is 9.10. The lowest BCUT2D eigenvalue weighted by molar-refractivity contribution is 0.0690. The maximum absolute atomic E-state index is 10.6. The largest absolute Gasteiger partial charge is 0.477 e. The Morgan fingerprint density at radius 3 is 2.56 bits per heavy atom. The van der Waals surface area contributed by atoms with E-state index in [2.05, 4.69) is 26.2 Å². The maximum Gasteiger partial charge on any atom is 0.354 e. The first-order chi connectivity index (χ1) is 8.56. The highest BCUT2D eigenvalue weighted by Gasteiger charge is 2.04. The van der Waals surface area contributed by atoms with Crippen molar-refractivity contribution in [3.8, 4) is 0 Å². The molecule has 0 spiro atoms. The molecule has 0 fully saturated rings. The van der Waals surface area contributed by atoms with E-state index in [1.807, 2.05) is 12.1 Å². The quantitative estimate of drug-likeness (QED) is 0.896. The van der Waals surface area contributed by atoms with E-state index in [0.29, 0.717) is 10.7 Å². The average molecular weight is 328 g/mol. The van der Waals surface area contributed by atoms with Crippen LogP contribution in [0.25, 0.3) is 0 Å². The van der Waals surface area contributed by atoms with Gasteiger partial charge in [-0.2, -0.15) is 0 Å². The number of carboxylic acid groups (broad SMARTS) is 1. The van der Waals surface area contributed by atoms with Crippen molar-refractivity contribution in [3.63, 3.8) is 0 Å². The molecular weight excluding hydrogens is 320 g/mol. The number of hydrogen-bond acceptors (Lipinski definition) is 3. The van der Waals surface area contributed by atoms with E-state index in [1.165, 1.54) is 12.3 Å². The Labute approximate surface area is 117 Å². The number of halogens is 2. The summed E-state index contributed by atoms with van der Waals surface area (Å²) in [7, 11) is 0. The van der Waals surface area contributed by atoms with Crippen molar-refractivity contribution >= 4 is 44.9 Å². The minimum absolute atomic E-state index is 0.0119. The molecule has 2 N–H and O–H groups in total. The monoisotopic (exact) mass is 326 g/mol. The molecule has 0 aliphatic carbocycles. The van der Waals surface area contributed by atoms with Crippen molar-refractivity contribution in [1.29, 1.82) is 0 Å². The summed E-state index contributed by atoms with van der Waals surface area (Å²) < 4.78 is 0.782. The van der Waals surface area contributed by atoms with E-state index in [4.69, 9.17) is 16.7 Å². The molecule has 0 radical (unpaired) electrons. The molecule has 0 amide bonds. The van der Waals surface area contributed by atoms with Crippen LogP contribution in [0.4, 0.5) is 11.4 Å². The van der Waals surface area contributed by atoms with Gasteiger partial charge in [0.1, 0.15) is 5.69 Å². The minimum Gasteiger partial charge on any atom is -0.477 e. The van der Waals surface area contributed by atoms with Crippen LogP contribution >= 0.6 is 27.5 Å². The smallest absolute Gasteiger partial charge is 0.354 e. The summed E-state index contributed by atoms with van der Waals surface area (Å²) >= 11 is 9.21. The van der Waals surface area contributed by atoms with Crippen molar-refractivity contribution in [2.75, 3.05) is 5.32 Å².